The lowest BCUT2D eigenvalue weighted by atomic mass is 10.1. The lowest BCUT2D eigenvalue weighted by molar-refractivity contribution is 0.0605. The summed E-state index contributed by atoms with van der Waals surface area (Å²) in [5.41, 5.74) is 6.96. The van der Waals surface area contributed by atoms with Crippen LogP contribution < -0.4 is 5.73 Å². The number of anilines is 1. The van der Waals surface area contributed by atoms with Crippen molar-refractivity contribution in [2.24, 2.45) is 0 Å². The Labute approximate surface area is 114 Å². The Morgan fingerprint density at radius 2 is 2.21 bits per heavy atom. The summed E-state index contributed by atoms with van der Waals surface area (Å²) in [7, 11) is 0. The van der Waals surface area contributed by atoms with Gasteiger partial charge in [0.15, 0.2) is 0 Å². The molecule has 1 aromatic heterocycles. The van der Waals surface area contributed by atoms with Crippen LogP contribution in [0.1, 0.15) is 50.1 Å². The number of hydrogen-bond acceptors (Lipinski definition) is 2. The highest BCUT2D eigenvalue weighted by atomic mass is 16.2. The molecule has 1 aliphatic carbocycles. The van der Waals surface area contributed by atoms with Crippen LogP contribution in [0.3, 0.4) is 0 Å². The zero-order chi connectivity index (χ0) is 14.2. The quantitative estimate of drug-likeness (QED) is 0.847. The molecule has 0 spiro atoms. The van der Waals surface area contributed by atoms with Crippen molar-refractivity contribution < 1.29 is 4.79 Å². The van der Waals surface area contributed by atoms with Crippen molar-refractivity contribution in [3.8, 4) is 0 Å². The van der Waals surface area contributed by atoms with Crippen LogP contribution in [0.25, 0.3) is 0 Å². The van der Waals surface area contributed by atoms with Gasteiger partial charge in [0.05, 0.1) is 5.69 Å². The number of carbonyl (C=O) groups excluding carboxylic acids is 1. The summed E-state index contributed by atoms with van der Waals surface area (Å²) in [6.45, 7) is 10.4. The molecular formula is C15H23N3O. The maximum absolute atomic E-state index is 12.7. The number of nitrogens with zero attached hydrogens (tertiary/aromatic N) is 2. The first-order valence-corrected chi connectivity index (χ1v) is 6.75. The van der Waals surface area contributed by atoms with Gasteiger partial charge >= 0.3 is 0 Å². The third-order valence-electron chi connectivity index (χ3n) is 3.40. The maximum Gasteiger partial charge on any atom is 0.271 e. The van der Waals surface area contributed by atoms with Crippen molar-refractivity contribution in [2.75, 3.05) is 12.3 Å². The van der Waals surface area contributed by atoms with Gasteiger partial charge in [-0.05, 0) is 39.7 Å². The van der Waals surface area contributed by atoms with E-state index in [1.165, 1.54) is 0 Å². The molecule has 1 heterocycles. The minimum absolute atomic E-state index is 0.0241. The predicted octanol–water partition coefficient (Wildman–Crippen LogP) is 2.83. The van der Waals surface area contributed by atoms with Gasteiger partial charge in [0, 0.05) is 24.3 Å². The topological polar surface area (TPSA) is 51.3 Å². The number of nitrogens with two attached hydrogens (primary N) is 1. The van der Waals surface area contributed by atoms with Crippen molar-refractivity contribution in [3.05, 3.63) is 30.6 Å². The number of amides is 1. The summed E-state index contributed by atoms with van der Waals surface area (Å²) in [4.78, 5) is 14.6. The molecule has 0 aliphatic heterocycles. The highest BCUT2D eigenvalue weighted by Crippen LogP contribution is 2.37. The minimum Gasteiger partial charge on any atom is -0.397 e. The largest absolute Gasteiger partial charge is 0.397 e. The summed E-state index contributed by atoms with van der Waals surface area (Å²) < 4.78 is 2.03. The van der Waals surface area contributed by atoms with E-state index in [1.807, 2.05) is 36.4 Å². The molecule has 0 bridgehead atoms. The average molecular weight is 261 g/mol. The van der Waals surface area contributed by atoms with Crippen LogP contribution in [-0.4, -0.2) is 27.5 Å². The van der Waals surface area contributed by atoms with Gasteiger partial charge in [-0.3, -0.25) is 4.79 Å². The smallest absolute Gasteiger partial charge is 0.271 e. The molecule has 2 rings (SSSR count). The highest BCUT2D eigenvalue weighted by Gasteiger charge is 2.32. The van der Waals surface area contributed by atoms with Crippen LogP contribution in [0, 0.1) is 0 Å². The zero-order valence-electron chi connectivity index (χ0n) is 12.0. The second kappa shape index (κ2) is 4.76. The minimum atomic E-state index is -0.237. The molecule has 1 amide bonds. The van der Waals surface area contributed by atoms with Crippen LogP contribution in [0.5, 0.6) is 0 Å². The summed E-state index contributed by atoms with van der Waals surface area (Å²) >= 11 is 0. The average Bonchev–Trinajstić information content (AvgIpc) is 3.07. The van der Waals surface area contributed by atoms with Crippen LogP contribution in [0.15, 0.2) is 24.9 Å². The van der Waals surface area contributed by atoms with E-state index in [0.29, 0.717) is 24.0 Å². The van der Waals surface area contributed by atoms with E-state index < -0.39 is 0 Å². The third-order valence-corrected chi connectivity index (χ3v) is 3.40. The Hall–Kier alpha value is -1.71. The zero-order valence-corrected chi connectivity index (χ0v) is 12.0. The highest BCUT2D eigenvalue weighted by molar-refractivity contribution is 5.94. The number of aromatic nitrogens is 1. The van der Waals surface area contributed by atoms with Gasteiger partial charge in [-0.1, -0.05) is 6.08 Å². The Kier molecular flexibility index (Phi) is 3.43. The molecule has 0 aromatic carbocycles. The molecule has 4 nitrogen and oxygen atoms in total. The second-order valence-electron chi connectivity index (χ2n) is 6.17. The Morgan fingerprint density at radius 3 is 2.68 bits per heavy atom. The van der Waals surface area contributed by atoms with Crippen LogP contribution in [-0.2, 0) is 0 Å². The molecule has 0 atom stereocenters. The first kappa shape index (κ1) is 13.7. The molecular weight excluding hydrogens is 238 g/mol. The number of carbonyl (C=O) groups is 1. The van der Waals surface area contributed by atoms with E-state index in [2.05, 4.69) is 6.58 Å². The second-order valence-corrected chi connectivity index (χ2v) is 6.17. The van der Waals surface area contributed by atoms with E-state index in [9.17, 15) is 4.79 Å². The van der Waals surface area contributed by atoms with Gasteiger partial charge in [0.2, 0.25) is 0 Å². The summed E-state index contributed by atoms with van der Waals surface area (Å²) in [6, 6.07) is 2.23. The van der Waals surface area contributed by atoms with Crippen molar-refractivity contribution in [2.45, 2.75) is 45.2 Å². The molecule has 1 saturated carbocycles. The molecule has 1 aromatic rings. The number of nitrogen functional groups attached to an aromatic ring is 1. The SMILES string of the molecule is C=CCN(C(=O)c1cc(N)cn1C1CC1)C(C)(C)C. The Balaban J connectivity index is 2.33. The van der Waals surface area contributed by atoms with Crippen LogP contribution in [0.4, 0.5) is 5.69 Å². The third kappa shape index (κ3) is 2.83. The summed E-state index contributed by atoms with van der Waals surface area (Å²) in [5.74, 6) is 0.0241. The van der Waals surface area contributed by atoms with Crippen LogP contribution in [0.2, 0.25) is 0 Å². The molecule has 4 heteroatoms. The lowest BCUT2D eigenvalue weighted by Crippen LogP contribution is -2.46. The maximum atomic E-state index is 12.7. The fourth-order valence-corrected chi connectivity index (χ4v) is 2.26. The molecule has 0 saturated heterocycles. The standard InChI is InChI=1S/C15H23N3O/c1-5-8-18(15(2,3)4)14(19)13-9-11(16)10-17(13)12-6-7-12/h5,9-10,12H,1,6-8,16H2,2-4H3. The molecule has 104 valence electrons. The van der Waals surface area contributed by atoms with E-state index in [0.717, 1.165) is 12.8 Å². The summed E-state index contributed by atoms with van der Waals surface area (Å²) in [6.07, 6.45) is 5.90. The fraction of sp³-hybridized carbons (Fsp3) is 0.533. The fourth-order valence-electron chi connectivity index (χ4n) is 2.26. The van der Waals surface area contributed by atoms with E-state index in [1.54, 1.807) is 12.1 Å². The molecule has 2 N–H and O–H groups in total. The van der Waals surface area contributed by atoms with Crippen LogP contribution >= 0.6 is 0 Å². The van der Waals surface area contributed by atoms with Gasteiger partial charge in [-0.15, -0.1) is 6.58 Å². The number of rotatable bonds is 4. The van der Waals surface area contributed by atoms with Crippen molar-refractivity contribution >= 4 is 11.6 Å². The molecule has 0 unspecified atom stereocenters. The molecule has 1 fully saturated rings. The van der Waals surface area contributed by atoms with Gasteiger partial charge in [-0.2, -0.15) is 0 Å². The van der Waals surface area contributed by atoms with E-state index in [4.69, 9.17) is 5.73 Å². The molecule has 19 heavy (non-hydrogen) atoms. The Bertz CT molecular complexity index is 492. The van der Waals surface area contributed by atoms with E-state index in [-0.39, 0.29) is 11.4 Å². The first-order chi connectivity index (χ1) is 8.84. The van der Waals surface area contributed by atoms with Gasteiger partial charge < -0.3 is 15.2 Å². The molecule has 0 radical (unpaired) electrons. The van der Waals surface area contributed by atoms with Gasteiger partial charge in [-0.25, -0.2) is 0 Å². The summed E-state index contributed by atoms with van der Waals surface area (Å²) in [5, 5.41) is 0. The predicted molar refractivity (Wildman–Crippen MR) is 78.1 cm³/mol. The monoisotopic (exact) mass is 261 g/mol. The number of hydrogen-bond donors (Lipinski definition) is 1. The van der Waals surface area contributed by atoms with Crippen molar-refractivity contribution in [1.82, 2.24) is 9.47 Å². The van der Waals surface area contributed by atoms with Crippen molar-refractivity contribution in [1.29, 1.82) is 0 Å². The van der Waals surface area contributed by atoms with Crippen molar-refractivity contribution in [3.63, 3.8) is 0 Å². The Morgan fingerprint density at radius 1 is 1.58 bits per heavy atom. The lowest BCUT2D eigenvalue weighted by Gasteiger charge is -2.35. The van der Waals surface area contributed by atoms with Gasteiger partial charge in [0.25, 0.3) is 5.91 Å². The first-order valence-electron chi connectivity index (χ1n) is 6.75. The molecule has 1 aliphatic rings. The van der Waals surface area contributed by atoms with E-state index >= 15 is 0 Å². The van der Waals surface area contributed by atoms with Gasteiger partial charge in [0.1, 0.15) is 5.69 Å². The normalized spacial score (nSPS) is 15.3.